The molecule has 2 aromatic rings. The second kappa shape index (κ2) is 8.31. The van der Waals surface area contributed by atoms with Gasteiger partial charge in [-0.15, -0.1) is 0 Å². The lowest BCUT2D eigenvalue weighted by atomic mass is 10.0. The maximum absolute atomic E-state index is 14.7. The molecule has 2 N–H and O–H groups in total. The van der Waals surface area contributed by atoms with Gasteiger partial charge in [-0.3, -0.25) is 24.5 Å². The van der Waals surface area contributed by atoms with Crippen LogP contribution in [0.15, 0.2) is 42.4 Å². The number of imide groups is 1. The van der Waals surface area contributed by atoms with Gasteiger partial charge in [0.25, 0.3) is 11.8 Å². The van der Waals surface area contributed by atoms with Crippen LogP contribution in [0.5, 0.6) is 0 Å². The molecule has 0 saturated carbocycles. The van der Waals surface area contributed by atoms with Gasteiger partial charge in [0.15, 0.2) is 1.41 Å². The number of alkyl halides is 2. The van der Waals surface area contributed by atoms with E-state index in [1.807, 2.05) is 0 Å². The fourth-order valence-corrected chi connectivity index (χ4v) is 3.72. The van der Waals surface area contributed by atoms with Crippen LogP contribution in [-0.4, -0.2) is 34.6 Å². The molecule has 2 aliphatic heterocycles. The molecule has 32 heavy (non-hydrogen) atoms. The first-order valence-corrected chi connectivity index (χ1v) is 10.0. The van der Waals surface area contributed by atoms with Gasteiger partial charge in [0.05, 0.1) is 2.74 Å². The number of piperidine rings is 1. The van der Waals surface area contributed by atoms with Gasteiger partial charge in [-0.05, 0) is 35.7 Å². The fourth-order valence-electron chi connectivity index (χ4n) is 3.59. The number of nitrogens with zero attached hydrogens (tertiary/aromatic N) is 1. The van der Waals surface area contributed by atoms with Crippen LogP contribution in [0.4, 0.5) is 8.78 Å². The van der Waals surface area contributed by atoms with Crippen molar-refractivity contribution in [3.8, 4) is 0 Å². The summed E-state index contributed by atoms with van der Waals surface area (Å²) >= 11 is 5.69. The van der Waals surface area contributed by atoms with Crippen molar-refractivity contribution < 1.29 is 32.1 Å². The number of nitrogens with one attached hydrogen (secondary N) is 2. The molecule has 1 unspecified atom stereocenters. The van der Waals surface area contributed by atoms with Crippen LogP contribution in [0.1, 0.15) is 42.6 Å². The summed E-state index contributed by atoms with van der Waals surface area (Å²) in [5.41, 5.74) is -0.761. The normalized spacial score (nSPS) is 19.7. The van der Waals surface area contributed by atoms with Crippen LogP contribution < -0.4 is 10.6 Å². The predicted molar refractivity (Wildman–Crippen MR) is 110 cm³/mol. The molecule has 2 aromatic carbocycles. The van der Waals surface area contributed by atoms with Gasteiger partial charge in [-0.25, -0.2) is 0 Å². The maximum Gasteiger partial charge on any atom is 0.349 e. The van der Waals surface area contributed by atoms with Crippen LogP contribution >= 0.6 is 11.6 Å². The first kappa shape index (κ1) is 18.3. The van der Waals surface area contributed by atoms with Crippen molar-refractivity contribution in [1.29, 1.82) is 0 Å². The third-order valence-electron chi connectivity index (χ3n) is 5.26. The molecule has 1 saturated heterocycles. The van der Waals surface area contributed by atoms with Crippen LogP contribution in [0.3, 0.4) is 0 Å². The van der Waals surface area contributed by atoms with Gasteiger partial charge in [0.2, 0.25) is 11.8 Å². The SMILES string of the molecule is [2H]c1cc(CN([2H])C(=O)C(F)(F)c2ccc(Cl)cc2)c([2H])c2c1C(=O)N(C1CCC(=O)NC1=O)C2. The Balaban J connectivity index is 1.57. The molecular weight excluding hydrogens is 444 g/mol. The van der Waals surface area contributed by atoms with Gasteiger partial charge in [-0.2, -0.15) is 8.78 Å². The Hall–Kier alpha value is -3.33. The third kappa shape index (κ3) is 4.08. The number of hydrogen-bond acceptors (Lipinski definition) is 4. The summed E-state index contributed by atoms with van der Waals surface area (Å²) in [6.45, 7) is -0.932. The molecule has 1 atom stereocenters. The van der Waals surface area contributed by atoms with E-state index in [0.29, 0.717) is 0 Å². The Labute approximate surface area is 191 Å². The number of fused-ring (bicyclic) bond motifs is 1. The molecule has 1 fully saturated rings. The highest BCUT2D eigenvalue weighted by Gasteiger charge is 2.41. The summed E-state index contributed by atoms with van der Waals surface area (Å²) in [6.07, 6.45) is 0.119. The topological polar surface area (TPSA) is 95.6 Å². The van der Waals surface area contributed by atoms with E-state index in [1.54, 1.807) is 0 Å². The Bertz CT molecular complexity index is 1260. The number of halogens is 3. The second-order valence-corrected chi connectivity index (χ2v) is 7.83. The van der Waals surface area contributed by atoms with E-state index in [4.69, 9.17) is 15.8 Å². The molecule has 0 radical (unpaired) electrons. The molecule has 2 aliphatic rings. The number of rotatable bonds is 5. The number of amides is 4. The minimum absolute atomic E-state index is 0.00253. The lowest BCUT2D eigenvalue weighted by Crippen LogP contribution is -2.52. The van der Waals surface area contributed by atoms with E-state index in [2.05, 4.69) is 5.32 Å². The number of carbonyl (C=O) groups excluding carboxylic acids is 4. The fraction of sp³-hybridized carbons (Fsp3) is 0.273. The molecule has 4 rings (SSSR count). The van der Waals surface area contributed by atoms with Crippen molar-refractivity contribution in [2.75, 3.05) is 0 Å². The molecule has 10 heteroatoms. The minimum atomic E-state index is -4.03. The van der Waals surface area contributed by atoms with Crippen molar-refractivity contribution in [3.05, 3.63) is 69.7 Å². The summed E-state index contributed by atoms with van der Waals surface area (Å²) in [4.78, 5) is 50.0. The van der Waals surface area contributed by atoms with Gasteiger partial charge in [-0.1, -0.05) is 35.8 Å². The van der Waals surface area contributed by atoms with E-state index in [0.717, 1.165) is 23.1 Å². The number of benzene rings is 2. The van der Waals surface area contributed by atoms with Crippen molar-refractivity contribution >= 4 is 35.2 Å². The summed E-state index contributed by atoms with van der Waals surface area (Å²) in [5, 5.41) is 2.35. The average molecular weight is 465 g/mol. The smallest absolute Gasteiger partial charge is 0.346 e. The van der Waals surface area contributed by atoms with Crippen molar-refractivity contribution in [2.45, 2.75) is 37.9 Å². The molecular formula is C22H18ClF2N3O4. The molecule has 4 amide bonds. The monoisotopic (exact) mass is 464 g/mol. The summed E-state index contributed by atoms with van der Waals surface area (Å²) in [5.74, 6) is -7.66. The van der Waals surface area contributed by atoms with E-state index < -0.39 is 47.7 Å². The number of hydrogen-bond donors (Lipinski definition) is 2. The Morgan fingerprint density at radius 2 is 2.00 bits per heavy atom. The number of carbonyl (C=O) groups is 4. The Morgan fingerprint density at radius 1 is 1.28 bits per heavy atom. The molecule has 2 heterocycles. The van der Waals surface area contributed by atoms with Gasteiger partial charge < -0.3 is 10.2 Å². The zero-order valence-corrected chi connectivity index (χ0v) is 17.2. The second-order valence-electron chi connectivity index (χ2n) is 7.40. The Kier molecular flexibility index (Phi) is 4.74. The van der Waals surface area contributed by atoms with Crippen molar-refractivity contribution in [2.24, 2.45) is 0 Å². The van der Waals surface area contributed by atoms with E-state index >= 15 is 0 Å². The van der Waals surface area contributed by atoms with E-state index in [9.17, 15) is 28.0 Å². The molecule has 0 aromatic heterocycles. The highest BCUT2D eigenvalue weighted by Crippen LogP contribution is 2.30. The van der Waals surface area contributed by atoms with Crippen molar-refractivity contribution in [1.82, 2.24) is 15.5 Å². The van der Waals surface area contributed by atoms with Crippen LogP contribution in [0, 0.1) is 0 Å². The minimum Gasteiger partial charge on any atom is -0.346 e. The quantitative estimate of drug-likeness (QED) is 0.665. The zero-order chi connectivity index (χ0) is 25.7. The van der Waals surface area contributed by atoms with Crippen molar-refractivity contribution in [3.63, 3.8) is 0 Å². The molecule has 7 nitrogen and oxygen atoms in total. The summed E-state index contributed by atoms with van der Waals surface area (Å²) in [7, 11) is 0. The van der Waals surface area contributed by atoms with E-state index in [-0.39, 0.29) is 58.5 Å². The van der Waals surface area contributed by atoms with Gasteiger partial charge >= 0.3 is 5.92 Å². The molecule has 0 bridgehead atoms. The standard InChI is InChI=1S/C22H18ClF2N3O4/c23-15-4-2-14(3-5-15)22(24,25)21(32)26-10-12-1-6-16-13(9-12)11-28(20(16)31)17-7-8-18(29)27-19(17)30/h1-6,9,17H,7-8,10-11H2,(H,26,32)(H,27,29,30)/i6D,9D/hD. The zero-order valence-electron chi connectivity index (χ0n) is 19.5. The Morgan fingerprint density at radius 3 is 2.69 bits per heavy atom. The summed E-state index contributed by atoms with van der Waals surface area (Å²) in [6, 6.07) is 3.81. The van der Waals surface area contributed by atoms with Gasteiger partial charge in [0, 0.05) is 35.7 Å². The average Bonchev–Trinajstić information content (AvgIpc) is 3.14. The highest BCUT2D eigenvalue weighted by atomic mass is 35.5. The highest BCUT2D eigenvalue weighted by molar-refractivity contribution is 6.30. The van der Waals surface area contributed by atoms with E-state index in [1.165, 1.54) is 12.1 Å². The maximum atomic E-state index is 14.7. The first-order chi connectivity index (χ1) is 16.4. The first-order valence-electron chi connectivity index (χ1n) is 11.1. The largest absolute Gasteiger partial charge is 0.349 e. The molecule has 166 valence electrons. The van der Waals surface area contributed by atoms with Crippen LogP contribution in [0.25, 0.3) is 0 Å². The molecule has 0 spiro atoms. The lowest BCUT2D eigenvalue weighted by molar-refractivity contribution is -0.147. The van der Waals surface area contributed by atoms with Gasteiger partial charge in [0.1, 0.15) is 6.04 Å². The predicted octanol–water partition coefficient (Wildman–Crippen LogP) is 2.51. The van der Waals surface area contributed by atoms with Crippen LogP contribution in [0.2, 0.25) is 6.43 Å². The molecule has 0 aliphatic carbocycles. The third-order valence-corrected chi connectivity index (χ3v) is 5.51. The summed E-state index contributed by atoms with van der Waals surface area (Å²) < 4.78 is 53.9. The lowest BCUT2D eigenvalue weighted by Gasteiger charge is -2.29. The van der Waals surface area contributed by atoms with Crippen LogP contribution in [-0.2, 0) is 33.4 Å².